The van der Waals surface area contributed by atoms with E-state index in [0.29, 0.717) is 11.4 Å². The highest BCUT2D eigenvalue weighted by Crippen LogP contribution is 2.35. The Morgan fingerprint density at radius 1 is 0.892 bits per heavy atom. The second-order valence-electron chi connectivity index (χ2n) is 9.55. The zero-order valence-corrected chi connectivity index (χ0v) is 20.9. The molecule has 0 saturated carbocycles. The highest BCUT2D eigenvalue weighted by molar-refractivity contribution is 5.98. The van der Waals surface area contributed by atoms with Gasteiger partial charge in [0.2, 0.25) is 5.91 Å². The van der Waals surface area contributed by atoms with E-state index in [2.05, 4.69) is 49.2 Å². The summed E-state index contributed by atoms with van der Waals surface area (Å²) in [6, 6.07) is 18.1. The topological polar surface area (TPSA) is 87.8 Å². The fourth-order valence-electron chi connectivity index (χ4n) is 5.38. The van der Waals surface area contributed by atoms with Gasteiger partial charge in [0.25, 0.3) is 5.71 Å². The normalized spacial score (nSPS) is 16.8. The Balaban J connectivity index is 1.12. The van der Waals surface area contributed by atoms with Crippen LogP contribution in [-0.4, -0.2) is 72.3 Å². The van der Waals surface area contributed by atoms with E-state index in [-0.39, 0.29) is 11.8 Å². The minimum atomic E-state index is 0.0420. The summed E-state index contributed by atoms with van der Waals surface area (Å²) in [7, 11) is 1.64. The van der Waals surface area contributed by atoms with Crippen molar-refractivity contribution < 1.29 is 14.1 Å². The maximum absolute atomic E-state index is 13.3. The summed E-state index contributed by atoms with van der Waals surface area (Å²) in [5.41, 5.74) is 3.31. The Bertz CT molecular complexity index is 1360. The number of benzene rings is 2. The molecular weight excluding hydrogens is 468 g/mol. The Kier molecular flexibility index (Phi) is 6.34. The van der Waals surface area contributed by atoms with E-state index in [1.807, 2.05) is 35.2 Å². The van der Waals surface area contributed by atoms with Crippen molar-refractivity contribution in [1.29, 1.82) is 0 Å². The predicted octanol–water partition coefficient (Wildman–Crippen LogP) is 3.86. The first-order valence-electron chi connectivity index (χ1n) is 12.8. The molecule has 4 heterocycles. The fourth-order valence-corrected chi connectivity index (χ4v) is 5.38. The summed E-state index contributed by atoms with van der Waals surface area (Å²) in [5, 5.41) is 5.10. The van der Waals surface area contributed by atoms with Crippen molar-refractivity contribution in [2.24, 2.45) is 5.92 Å². The first kappa shape index (κ1) is 23.3. The molecule has 9 nitrogen and oxygen atoms in total. The number of methoxy groups -OCH3 is 1. The second-order valence-corrected chi connectivity index (χ2v) is 9.55. The number of ether oxygens (including phenoxy) is 1. The molecule has 0 N–H and O–H groups in total. The summed E-state index contributed by atoms with van der Waals surface area (Å²) in [4.78, 5) is 28.9. The molecular formula is C28H30N6O3. The van der Waals surface area contributed by atoms with Crippen LogP contribution in [0, 0.1) is 5.92 Å². The first-order valence-corrected chi connectivity index (χ1v) is 12.8. The number of piperazine rings is 1. The third kappa shape index (κ3) is 4.57. The van der Waals surface area contributed by atoms with Gasteiger partial charge in [0.15, 0.2) is 0 Å². The van der Waals surface area contributed by atoms with Gasteiger partial charge in [-0.3, -0.25) is 4.79 Å². The van der Waals surface area contributed by atoms with Crippen molar-refractivity contribution >= 4 is 28.5 Å². The number of fused-ring (bicyclic) bond motifs is 1. The number of anilines is 2. The van der Waals surface area contributed by atoms with Gasteiger partial charge in [0.1, 0.15) is 29.0 Å². The quantitative estimate of drug-likeness (QED) is 0.410. The molecule has 2 aromatic heterocycles. The van der Waals surface area contributed by atoms with Crippen LogP contribution in [0.1, 0.15) is 12.8 Å². The lowest BCUT2D eigenvalue weighted by Gasteiger charge is -2.39. The maximum atomic E-state index is 13.3. The summed E-state index contributed by atoms with van der Waals surface area (Å²) in [5.74, 6) is 1.91. The van der Waals surface area contributed by atoms with Gasteiger partial charge in [-0.05, 0) is 49.2 Å². The van der Waals surface area contributed by atoms with Crippen molar-refractivity contribution in [3.05, 3.63) is 60.9 Å². The van der Waals surface area contributed by atoms with Crippen LogP contribution in [0.2, 0.25) is 0 Å². The van der Waals surface area contributed by atoms with Crippen LogP contribution in [0.4, 0.5) is 11.5 Å². The molecule has 4 aromatic rings. The number of aromatic nitrogens is 3. The number of hydrogen-bond acceptors (Lipinski definition) is 8. The average molecular weight is 499 g/mol. The van der Waals surface area contributed by atoms with Gasteiger partial charge >= 0.3 is 0 Å². The van der Waals surface area contributed by atoms with Gasteiger partial charge in [-0.2, -0.15) is 4.98 Å². The Morgan fingerprint density at radius 2 is 1.62 bits per heavy atom. The first-order chi connectivity index (χ1) is 18.2. The maximum Gasteiger partial charge on any atom is 0.263 e. The van der Waals surface area contributed by atoms with Gasteiger partial charge in [0, 0.05) is 56.4 Å². The van der Waals surface area contributed by atoms with Crippen LogP contribution in [0.25, 0.3) is 22.4 Å². The molecule has 6 rings (SSSR count). The Hall–Kier alpha value is -4.14. The predicted molar refractivity (Wildman–Crippen MR) is 142 cm³/mol. The third-order valence-corrected chi connectivity index (χ3v) is 7.47. The number of para-hydroxylation sites is 1. The smallest absolute Gasteiger partial charge is 0.263 e. The summed E-state index contributed by atoms with van der Waals surface area (Å²) >= 11 is 0. The molecule has 2 aromatic carbocycles. The lowest BCUT2D eigenvalue weighted by molar-refractivity contribution is -0.136. The molecule has 0 bridgehead atoms. The van der Waals surface area contributed by atoms with Crippen molar-refractivity contribution in [3.8, 4) is 17.0 Å². The van der Waals surface area contributed by atoms with E-state index < -0.39 is 0 Å². The van der Waals surface area contributed by atoms with Gasteiger partial charge in [-0.25, -0.2) is 4.98 Å². The molecule has 0 radical (unpaired) electrons. The zero-order valence-electron chi connectivity index (χ0n) is 20.9. The molecule has 2 aliphatic rings. The molecule has 2 fully saturated rings. The Morgan fingerprint density at radius 3 is 2.32 bits per heavy atom. The van der Waals surface area contributed by atoms with Gasteiger partial charge < -0.3 is 24.0 Å². The fraction of sp³-hybridized carbons (Fsp3) is 0.357. The SMILES string of the molecule is COc1ccc(-c2noc3ncnc(N4CCC(C(=O)N5CCN(c6ccccc6)CC5)CC4)c23)cc1. The summed E-state index contributed by atoms with van der Waals surface area (Å²) in [6.45, 7) is 4.78. The minimum absolute atomic E-state index is 0.0420. The molecule has 0 aliphatic carbocycles. The molecule has 1 amide bonds. The molecule has 2 saturated heterocycles. The van der Waals surface area contributed by atoms with E-state index >= 15 is 0 Å². The number of carbonyl (C=O) groups is 1. The number of rotatable bonds is 5. The van der Waals surface area contributed by atoms with E-state index in [4.69, 9.17) is 9.26 Å². The minimum Gasteiger partial charge on any atom is -0.497 e. The third-order valence-electron chi connectivity index (χ3n) is 7.47. The van der Waals surface area contributed by atoms with E-state index in [0.717, 1.165) is 74.6 Å². The largest absolute Gasteiger partial charge is 0.497 e. The molecule has 37 heavy (non-hydrogen) atoms. The van der Waals surface area contributed by atoms with Gasteiger partial charge in [0.05, 0.1) is 7.11 Å². The van der Waals surface area contributed by atoms with E-state index in [9.17, 15) is 4.79 Å². The monoisotopic (exact) mass is 498 g/mol. The van der Waals surface area contributed by atoms with Crippen LogP contribution in [0.5, 0.6) is 5.75 Å². The van der Waals surface area contributed by atoms with Crippen LogP contribution < -0.4 is 14.5 Å². The molecule has 9 heteroatoms. The number of carbonyl (C=O) groups excluding carboxylic acids is 1. The number of hydrogen-bond donors (Lipinski definition) is 0. The van der Waals surface area contributed by atoms with Crippen LogP contribution >= 0.6 is 0 Å². The van der Waals surface area contributed by atoms with Crippen molar-refractivity contribution in [3.63, 3.8) is 0 Å². The molecule has 0 spiro atoms. The average Bonchev–Trinajstić information content (AvgIpc) is 3.42. The number of nitrogens with zero attached hydrogens (tertiary/aromatic N) is 6. The van der Waals surface area contributed by atoms with Gasteiger partial charge in [-0.1, -0.05) is 23.4 Å². The lowest BCUT2D eigenvalue weighted by atomic mass is 9.94. The van der Waals surface area contributed by atoms with Gasteiger partial charge in [-0.15, -0.1) is 0 Å². The highest BCUT2D eigenvalue weighted by atomic mass is 16.5. The number of piperidine rings is 1. The zero-order chi connectivity index (χ0) is 25.2. The molecule has 0 unspecified atom stereocenters. The van der Waals surface area contributed by atoms with Crippen molar-refractivity contribution in [1.82, 2.24) is 20.0 Å². The highest BCUT2D eigenvalue weighted by Gasteiger charge is 2.32. The van der Waals surface area contributed by atoms with Crippen LogP contribution in [-0.2, 0) is 4.79 Å². The van der Waals surface area contributed by atoms with Crippen LogP contribution in [0.3, 0.4) is 0 Å². The van der Waals surface area contributed by atoms with Crippen LogP contribution in [0.15, 0.2) is 65.4 Å². The summed E-state index contributed by atoms with van der Waals surface area (Å²) in [6.07, 6.45) is 3.11. The Labute approximate surface area is 215 Å². The standard InChI is InChI=1S/C28H30N6O3/c1-36-23-9-7-20(8-10-23)25-24-26(29-19-30-27(24)37-31-25)33-13-11-21(12-14-33)28(35)34-17-15-32(16-18-34)22-5-3-2-4-6-22/h2-10,19,21H,11-18H2,1H3. The lowest BCUT2D eigenvalue weighted by Crippen LogP contribution is -2.51. The van der Waals surface area contributed by atoms with E-state index in [1.54, 1.807) is 7.11 Å². The van der Waals surface area contributed by atoms with Crippen molar-refractivity contribution in [2.45, 2.75) is 12.8 Å². The molecule has 2 aliphatic heterocycles. The van der Waals surface area contributed by atoms with E-state index in [1.165, 1.54) is 12.0 Å². The van der Waals surface area contributed by atoms with Crippen molar-refractivity contribution in [2.75, 3.05) is 56.2 Å². The molecule has 0 atom stereocenters. The molecule has 190 valence electrons. The second kappa shape index (κ2) is 10.1. The number of amides is 1. The summed E-state index contributed by atoms with van der Waals surface area (Å²) < 4.78 is 10.8.